The fourth-order valence-electron chi connectivity index (χ4n) is 2.07. The Morgan fingerprint density at radius 2 is 1.65 bits per heavy atom. The predicted octanol–water partition coefficient (Wildman–Crippen LogP) is 1.72. The molecule has 3 N–H and O–H groups in total. The van der Waals surface area contributed by atoms with Gasteiger partial charge in [0.2, 0.25) is 0 Å². The summed E-state index contributed by atoms with van der Waals surface area (Å²) in [6.07, 6.45) is 0. The molecule has 0 spiro atoms. The molecule has 8 heteroatoms. The van der Waals surface area contributed by atoms with E-state index >= 15 is 0 Å². The lowest BCUT2D eigenvalue weighted by Crippen LogP contribution is -2.49. The van der Waals surface area contributed by atoms with Crippen molar-refractivity contribution in [3.8, 4) is 11.5 Å². The van der Waals surface area contributed by atoms with Gasteiger partial charge in [-0.05, 0) is 42.9 Å². The number of nitrogens with one attached hydrogen (secondary N) is 3. The second kappa shape index (κ2) is 9.38. The van der Waals surface area contributed by atoms with E-state index in [2.05, 4.69) is 16.2 Å². The smallest absolute Gasteiger partial charge is 0.276 e. The minimum absolute atomic E-state index is 0.0242. The fourth-order valence-corrected chi connectivity index (χ4v) is 2.22. The van der Waals surface area contributed by atoms with Crippen LogP contribution in [0.3, 0.4) is 0 Å². The van der Waals surface area contributed by atoms with Gasteiger partial charge in [0, 0.05) is 5.56 Å². The number of hydrogen-bond acceptors (Lipinski definition) is 5. The number of rotatable bonds is 5. The topological polar surface area (TPSA) is 88.7 Å². The molecule has 136 valence electrons. The number of hydrazine groups is 1. The van der Waals surface area contributed by atoms with Crippen LogP contribution >= 0.6 is 12.2 Å². The first-order valence-corrected chi connectivity index (χ1v) is 8.13. The van der Waals surface area contributed by atoms with Gasteiger partial charge in [0.05, 0.1) is 7.11 Å². The first-order chi connectivity index (χ1) is 12.5. The Hall–Kier alpha value is -3.13. The lowest BCUT2D eigenvalue weighted by molar-refractivity contribution is -0.123. The number of methoxy groups -OCH3 is 1. The molecule has 0 fully saturated rings. The van der Waals surface area contributed by atoms with E-state index in [9.17, 15) is 9.59 Å². The molecule has 0 radical (unpaired) electrons. The maximum Gasteiger partial charge on any atom is 0.276 e. The van der Waals surface area contributed by atoms with Gasteiger partial charge >= 0.3 is 0 Å². The molecule has 2 aromatic carbocycles. The normalized spacial score (nSPS) is 9.77. The monoisotopic (exact) mass is 373 g/mol. The quantitative estimate of drug-likeness (QED) is 0.546. The molecular formula is C18H19N3O4S. The Balaban J connectivity index is 1.77. The van der Waals surface area contributed by atoms with Crippen LogP contribution in [0.25, 0.3) is 0 Å². The standard InChI is InChI=1S/C18H19N3O4S/c1-12-7-3-4-8-13(12)17(23)19-18(26)21-20-16(22)11-25-15-10-6-5-9-14(15)24-2/h3-10H,11H2,1-2H3,(H,20,22)(H2,19,21,23,26). The number of thiocarbonyl (C=S) groups is 1. The zero-order chi connectivity index (χ0) is 18.9. The summed E-state index contributed by atoms with van der Waals surface area (Å²) in [7, 11) is 1.51. The Morgan fingerprint density at radius 1 is 1.00 bits per heavy atom. The number of amides is 2. The van der Waals surface area contributed by atoms with Crippen molar-refractivity contribution in [2.45, 2.75) is 6.92 Å². The second-order valence-electron chi connectivity index (χ2n) is 5.21. The van der Waals surface area contributed by atoms with Gasteiger partial charge in [0.1, 0.15) is 0 Å². The van der Waals surface area contributed by atoms with Gasteiger partial charge < -0.3 is 9.47 Å². The molecule has 0 unspecified atom stereocenters. The zero-order valence-corrected chi connectivity index (χ0v) is 15.2. The molecule has 0 aliphatic heterocycles. The van der Waals surface area contributed by atoms with Crippen molar-refractivity contribution in [2.75, 3.05) is 13.7 Å². The summed E-state index contributed by atoms with van der Waals surface area (Å²) in [5.41, 5.74) is 6.13. The average Bonchev–Trinajstić information content (AvgIpc) is 2.65. The highest BCUT2D eigenvalue weighted by atomic mass is 32.1. The van der Waals surface area contributed by atoms with Gasteiger partial charge in [-0.25, -0.2) is 0 Å². The van der Waals surface area contributed by atoms with E-state index in [0.29, 0.717) is 17.1 Å². The molecule has 0 heterocycles. The van der Waals surface area contributed by atoms with E-state index in [-0.39, 0.29) is 17.6 Å². The Morgan fingerprint density at radius 3 is 2.35 bits per heavy atom. The van der Waals surface area contributed by atoms with Gasteiger partial charge in [-0.3, -0.25) is 25.8 Å². The molecule has 0 atom stereocenters. The van der Waals surface area contributed by atoms with Crippen LogP contribution in [0.1, 0.15) is 15.9 Å². The van der Waals surface area contributed by atoms with Crippen molar-refractivity contribution in [3.05, 3.63) is 59.7 Å². The molecule has 0 saturated carbocycles. The highest BCUT2D eigenvalue weighted by Gasteiger charge is 2.11. The van der Waals surface area contributed by atoms with Crippen molar-refractivity contribution >= 4 is 29.1 Å². The van der Waals surface area contributed by atoms with Crippen LogP contribution in [0.5, 0.6) is 11.5 Å². The largest absolute Gasteiger partial charge is 0.493 e. The summed E-state index contributed by atoms with van der Waals surface area (Å²) in [6, 6.07) is 14.1. The Labute approximate surface area is 156 Å². The van der Waals surface area contributed by atoms with Crippen LogP contribution in [-0.2, 0) is 4.79 Å². The predicted molar refractivity (Wildman–Crippen MR) is 101 cm³/mol. The number of benzene rings is 2. The van der Waals surface area contributed by atoms with E-state index in [0.717, 1.165) is 5.56 Å². The Bertz CT molecular complexity index is 811. The van der Waals surface area contributed by atoms with Gasteiger partial charge in [0.25, 0.3) is 11.8 Å². The molecule has 7 nitrogen and oxygen atoms in total. The first-order valence-electron chi connectivity index (χ1n) is 7.73. The van der Waals surface area contributed by atoms with E-state index in [1.54, 1.807) is 36.4 Å². The minimum atomic E-state index is -0.469. The minimum Gasteiger partial charge on any atom is -0.493 e. The summed E-state index contributed by atoms with van der Waals surface area (Å²) in [5.74, 6) is 0.137. The maximum atomic E-state index is 12.1. The number of ether oxygens (including phenoxy) is 2. The SMILES string of the molecule is COc1ccccc1OCC(=O)NNC(=S)NC(=O)c1ccccc1C. The lowest BCUT2D eigenvalue weighted by Gasteiger charge is -2.13. The summed E-state index contributed by atoms with van der Waals surface area (Å²) in [5, 5.41) is 2.47. The third-order valence-corrected chi connectivity index (χ3v) is 3.56. The lowest BCUT2D eigenvalue weighted by atomic mass is 10.1. The van der Waals surface area contributed by atoms with Crippen LogP contribution in [0.15, 0.2) is 48.5 Å². The van der Waals surface area contributed by atoms with Crippen LogP contribution in [0, 0.1) is 6.92 Å². The molecule has 0 saturated heterocycles. The molecule has 0 bridgehead atoms. The van der Waals surface area contributed by atoms with E-state index < -0.39 is 5.91 Å². The van der Waals surface area contributed by atoms with E-state index in [4.69, 9.17) is 21.7 Å². The van der Waals surface area contributed by atoms with E-state index in [1.807, 2.05) is 19.1 Å². The van der Waals surface area contributed by atoms with E-state index in [1.165, 1.54) is 7.11 Å². The molecule has 26 heavy (non-hydrogen) atoms. The highest BCUT2D eigenvalue weighted by Crippen LogP contribution is 2.25. The van der Waals surface area contributed by atoms with Crippen molar-refractivity contribution in [1.82, 2.24) is 16.2 Å². The van der Waals surface area contributed by atoms with Crippen molar-refractivity contribution in [1.29, 1.82) is 0 Å². The fraction of sp³-hybridized carbons (Fsp3) is 0.167. The number of carbonyl (C=O) groups excluding carboxylic acids is 2. The maximum absolute atomic E-state index is 12.1. The zero-order valence-electron chi connectivity index (χ0n) is 14.4. The first kappa shape index (κ1) is 19.2. The third kappa shape index (κ3) is 5.45. The van der Waals surface area contributed by atoms with Crippen LogP contribution < -0.4 is 25.6 Å². The van der Waals surface area contributed by atoms with Gasteiger partial charge in [-0.1, -0.05) is 30.3 Å². The number of hydrogen-bond donors (Lipinski definition) is 3. The second-order valence-corrected chi connectivity index (χ2v) is 5.62. The van der Waals surface area contributed by atoms with Gasteiger partial charge in [0.15, 0.2) is 23.2 Å². The molecule has 2 rings (SSSR count). The number of aryl methyl sites for hydroxylation is 1. The third-order valence-electron chi connectivity index (χ3n) is 3.36. The van der Waals surface area contributed by atoms with Crippen molar-refractivity contribution in [2.24, 2.45) is 0 Å². The summed E-state index contributed by atoms with van der Waals surface area (Å²) in [6.45, 7) is 1.57. The van der Waals surface area contributed by atoms with Crippen LogP contribution in [-0.4, -0.2) is 30.6 Å². The number of para-hydroxylation sites is 2. The van der Waals surface area contributed by atoms with Crippen LogP contribution in [0.2, 0.25) is 0 Å². The Kier molecular flexibility index (Phi) is 6.92. The average molecular weight is 373 g/mol. The van der Waals surface area contributed by atoms with Crippen LogP contribution in [0.4, 0.5) is 0 Å². The summed E-state index contributed by atoms with van der Waals surface area (Å²) >= 11 is 4.99. The van der Waals surface area contributed by atoms with Gasteiger partial charge in [-0.15, -0.1) is 0 Å². The molecular weight excluding hydrogens is 354 g/mol. The number of carbonyl (C=O) groups is 2. The molecule has 2 aromatic rings. The van der Waals surface area contributed by atoms with Gasteiger partial charge in [-0.2, -0.15) is 0 Å². The molecule has 0 aliphatic rings. The van der Waals surface area contributed by atoms with Crippen molar-refractivity contribution < 1.29 is 19.1 Å². The van der Waals surface area contributed by atoms with Crippen molar-refractivity contribution in [3.63, 3.8) is 0 Å². The summed E-state index contributed by atoms with van der Waals surface area (Å²) in [4.78, 5) is 23.9. The summed E-state index contributed by atoms with van der Waals surface area (Å²) < 4.78 is 10.5. The molecule has 0 aromatic heterocycles. The molecule has 0 aliphatic carbocycles. The highest BCUT2D eigenvalue weighted by molar-refractivity contribution is 7.80. The molecule has 2 amide bonds.